The van der Waals surface area contributed by atoms with E-state index >= 15 is 0 Å². The molecule has 3 nitrogen and oxygen atoms in total. The molecule has 0 aliphatic carbocycles. The van der Waals surface area contributed by atoms with Crippen LogP contribution in [0.15, 0.2) is 0 Å². The largest absolute Gasteiger partial charge is 0.250 e. The molecule has 0 N–H and O–H groups in total. The van der Waals surface area contributed by atoms with Gasteiger partial charge in [0.15, 0.2) is 0 Å². The van der Waals surface area contributed by atoms with Crippen molar-refractivity contribution in [3.63, 3.8) is 0 Å². The fourth-order valence-electron chi connectivity index (χ4n) is 1.28. The van der Waals surface area contributed by atoms with Gasteiger partial charge in [0.2, 0.25) is 0 Å². The molecule has 1 aromatic rings. The molecule has 0 saturated heterocycles. The van der Waals surface area contributed by atoms with Crippen LogP contribution in [0.5, 0.6) is 0 Å². The second-order valence-electron chi connectivity index (χ2n) is 3.86. The van der Waals surface area contributed by atoms with Crippen molar-refractivity contribution >= 4 is 11.6 Å². The van der Waals surface area contributed by atoms with Crippen molar-refractivity contribution in [3.05, 3.63) is 16.4 Å². The summed E-state index contributed by atoms with van der Waals surface area (Å²) in [4.78, 5) is 0. The van der Waals surface area contributed by atoms with Crippen molar-refractivity contribution in [1.82, 2.24) is 9.78 Å². The Hall–Kier alpha value is -1.01. The van der Waals surface area contributed by atoms with Crippen LogP contribution in [0.25, 0.3) is 0 Å². The summed E-state index contributed by atoms with van der Waals surface area (Å²) in [6.07, 6.45) is 0. The van der Waals surface area contributed by atoms with Crippen LogP contribution in [-0.4, -0.2) is 9.78 Å². The number of hydrogen-bond donors (Lipinski definition) is 0. The van der Waals surface area contributed by atoms with Gasteiger partial charge in [-0.15, -0.1) is 0 Å². The van der Waals surface area contributed by atoms with E-state index in [1.807, 2.05) is 27.7 Å². The highest BCUT2D eigenvalue weighted by Crippen LogP contribution is 2.27. The number of nitrogens with zero attached hydrogens (tertiary/aromatic N) is 3. The Morgan fingerprint density at radius 3 is 2.21 bits per heavy atom. The molecule has 0 spiro atoms. The van der Waals surface area contributed by atoms with Crippen molar-refractivity contribution < 1.29 is 0 Å². The van der Waals surface area contributed by atoms with E-state index in [1.54, 1.807) is 4.68 Å². The summed E-state index contributed by atoms with van der Waals surface area (Å²) in [6, 6.07) is 2.29. The molecule has 4 heteroatoms. The number of halogens is 1. The molecule has 0 bridgehead atoms. The molecule has 0 saturated carbocycles. The molecule has 0 amide bonds. The Balaban J connectivity index is 3.34. The van der Waals surface area contributed by atoms with Crippen molar-refractivity contribution in [2.24, 2.45) is 0 Å². The summed E-state index contributed by atoms with van der Waals surface area (Å²) in [7, 11) is 0. The molecule has 0 radical (unpaired) electrons. The Morgan fingerprint density at radius 2 is 1.93 bits per heavy atom. The second kappa shape index (κ2) is 4.02. The Morgan fingerprint density at radius 1 is 1.36 bits per heavy atom. The normalized spacial score (nSPS) is 11.0. The van der Waals surface area contributed by atoms with E-state index in [4.69, 9.17) is 16.9 Å². The van der Waals surface area contributed by atoms with Crippen LogP contribution in [0.2, 0.25) is 5.15 Å². The van der Waals surface area contributed by atoms with E-state index in [0.717, 1.165) is 5.69 Å². The van der Waals surface area contributed by atoms with E-state index in [0.29, 0.717) is 10.7 Å². The second-order valence-corrected chi connectivity index (χ2v) is 4.21. The molecule has 0 unspecified atom stereocenters. The van der Waals surface area contributed by atoms with Crippen LogP contribution in [0, 0.1) is 11.3 Å². The Kier molecular flexibility index (Phi) is 3.17. The zero-order chi connectivity index (χ0) is 10.9. The number of hydrogen-bond acceptors (Lipinski definition) is 2. The first-order chi connectivity index (χ1) is 6.49. The Bertz CT molecular complexity index is 371. The van der Waals surface area contributed by atoms with E-state index in [2.05, 4.69) is 11.2 Å². The molecule has 76 valence electrons. The molecule has 0 aliphatic rings. The van der Waals surface area contributed by atoms with Crippen LogP contribution < -0.4 is 0 Å². The average molecular weight is 212 g/mol. The summed E-state index contributed by atoms with van der Waals surface area (Å²) in [5, 5.41) is 13.7. The number of rotatable bonds is 2. The van der Waals surface area contributed by atoms with Gasteiger partial charge in [0.1, 0.15) is 16.8 Å². The molecule has 0 fully saturated rings. The van der Waals surface area contributed by atoms with E-state index in [9.17, 15) is 0 Å². The van der Waals surface area contributed by atoms with Gasteiger partial charge < -0.3 is 0 Å². The summed E-state index contributed by atoms with van der Waals surface area (Å²) in [5.74, 6) is 0.224. The zero-order valence-electron chi connectivity index (χ0n) is 8.87. The average Bonchev–Trinajstić information content (AvgIpc) is 2.42. The number of nitriles is 1. The van der Waals surface area contributed by atoms with Gasteiger partial charge in [0.25, 0.3) is 0 Å². The van der Waals surface area contributed by atoms with Crippen molar-refractivity contribution in [2.75, 3.05) is 0 Å². The van der Waals surface area contributed by atoms with Gasteiger partial charge >= 0.3 is 0 Å². The molecule has 1 rings (SSSR count). The maximum Gasteiger partial charge on any atom is 0.145 e. The lowest BCUT2D eigenvalue weighted by Crippen LogP contribution is -2.03. The predicted octanol–water partition coefficient (Wildman–Crippen LogP) is 3.11. The fraction of sp³-hybridized carbons (Fsp3) is 0.600. The van der Waals surface area contributed by atoms with Crippen LogP contribution >= 0.6 is 11.6 Å². The fourth-order valence-corrected chi connectivity index (χ4v) is 1.65. The van der Waals surface area contributed by atoms with Crippen LogP contribution in [0.3, 0.4) is 0 Å². The number of aromatic nitrogens is 2. The van der Waals surface area contributed by atoms with Gasteiger partial charge in [-0.25, -0.2) is 4.68 Å². The van der Waals surface area contributed by atoms with Crippen LogP contribution in [-0.2, 0) is 0 Å². The van der Waals surface area contributed by atoms with E-state index < -0.39 is 0 Å². The highest BCUT2D eigenvalue weighted by Gasteiger charge is 2.19. The van der Waals surface area contributed by atoms with Crippen molar-refractivity contribution in [1.29, 1.82) is 5.26 Å². The molecular weight excluding hydrogens is 198 g/mol. The highest BCUT2D eigenvalue weighted by molar-refractivity contribution is 6.30. The summed E-state index contributed by atoms with van der Waals surface area (Å²) >= 11 is 6.05. The molecular formula is C10H14ClN3. The first-order valence-corrected chi connectivity index (χ1v) is 5.04. The third kappa shape index (κ3) is 1.76. The summed E-state index contributed by atoms with van der Waals surface area (Å²) in [5.41, 5.74) is 1.29. The van der Waals surface area contributed by atoms with Gasteiger partial charge in [-0.05, 0) is 19.8 Å². The van der Waals surface area contributed by atoms with Crippen LogP contribution in [0.1, 0.15) is 50.9 Å². The lowest BCUT2D eigenvalue weighted by Gasteiger charge is -2.05. The van der Waals surface area contributed by atoms with Crippen molar-refractivity contribution in [2.45, 2.75) is 39.7 Å². The quantitative estimate of drug-likeness (QED) is 0.754. The molecule has 1 heterocycles. The van der Waals surface area contributed by atoms with Gasteiger partial charge in [-0.2, -0.15) is 10.4 Å². The molecule has 0 atom stereocenters. The minimum absolute atomic E-state index is 0.182. The topological polar surface area (TPSA) is 41.6 Å². The van der Waals surface area contributed by atoms with E-state index in [1.165, 1.54) is 0 Å². The first kappa shape index (κ1) is 11.1. The third-order valence-corrected chi connectivity index (χ3v) is 2.39. The minimum atomic E-state index is 0.182. The standard InChI is InChI=1S/C10H14ClN3/c1-6(2)9-8(5-12)10(11)14(13-9)7(3)4/h6-7H,1-4H3. The third-order valence-electron chi connectivity index (χ3n) is 2.03. The van der Waals surface area contributed by atoms with Gasteiger partial charge in [-0.3, -0.25) is 0 Å². The predicted molar refractivity (Wildman–Crippen MR) is 56.4 cm³/mol. The first-order valence-electron chi connectivity index (χ1n) is 4.67. The molecule has 0 aliphatic heterocycles. The maximum absolute atomic E-state index is 8.96. The smallest absolute Gasteiger partial charge is 0.145 e. The minimum Gasteiger partial charge on any atom is -0.250 e. The van der Waals surface area contributed by atoms with Gasteiger partial charge in [-0.1, -0.05) is 25.4 Å². The zero-order valence-corrected chi connectivity index (χ0v) is 9.63. The molecule has 14 heavy (non-hydrogen) atoms. The SMILES string of the molecule is CC(C)c1nn(C(C)C)c(Cl)c1C#N. The lowest BCUT2D eigenvalue weighted by atomic mass is 10.1. The lowest BCUT2D eigenvalue weighted by molar-refractivity contribution is 0.523. The van der Waals surface area contributed by atoms with Gasteiger partial charge in [0.05, 0.1) is 5.69 Å². The van der Waals surface area contributed by atoms with E-state index in [-0.39, 0.29) is 12.0 Å². The van der Waals surface area contributed by atoms with Gasteiger partial charge in [0, 0.05) is 6.04 Å². The Labute approximate surface area is 89.3 Å². The summed E-state index contributed by atoms with van der Waals surface area (Å²) in [6.45, 7) is 7.99. The maximum atomic E-state index is 8.96. The monoisotopic (exact) mass is 211 g/mol. The molecule has 1 aromatic heterocycles. The summed E-state index contributed by atoms with van der Waals surface area (Å²) < 4.78 is 1.69. The van der Waals surface area contributed by atoms with Crippen LogP contribution in [0.4, 0.5) is 0 Å². The van der Waals surface area contributed by atoms with Crippen molar-refractivity contribution in [3.8, 4) is 6.07 Å². The highest BCUT2D eigenvalue weighted by atomic mass is 35.5. The molecule has 0 aromatic carbocycles.